The first-order valence-electron chi connectivity index (χ1n) is 5.19. The van der Waals surface area contributed by atoms with Crippen LogP contribution in [0.3, 0.4) is 0 Å². The molecule has 0 bridgehead atoms. The van der Waals surface area contributed by atoms with Crippen LogP contribution in [0.4, 0.5) is 0 Å². The molecule has 0 saturated heterocycles. The molecule has 0 radical (unpaired) electrons. The predicted octanol–water partition coefficient (Wildman–Crippen LogP) is 3.25. The van der Waals surface area contributed by atoms with Gasteiger partial charge in [0.05, 0.1) is 11.0 Å². The van der Waals surface area contributed by atoms with E-state index in [9.17, 15) is 0 Å². The van der Waals surface area contributed by atoms with E-state index in [0.29, 0.717) is 5.92 Å². The molecule has 1 N–H and O–H groups in total. The zero-order valence-corrected chi connectivity index (χ0v) is 8.96. The molecule has 0 aliphatic carbocycles. The molecule has 0 amide bonds. The summed E-state index contributed by atoms with van der Waals surface area (Å²) >= 11 is 0. The number of rotatable bonds is 2. The summed E-state index contributed by atoms with van der Waals surface area (Å²) in [6.45, 7) is 6.47. The highest BCUT2D eigenvalue weighted by Crippen LogP contribution is 2.18. The van der Waals surface area contributed by atoms with Crippen LogP contribution in [0.15, 0.2) is 18.2 Å². The van der Waals surface area contributed by atoms with Crippen LogP contribution in [-0.2, 0) is 6.42 Å². The number of benzene rings is 1. The van der Waals surface area contributed by atoms with Gasteiger partial charge >= 0.3 is 0 Å². The molecule has 0 aliphatic rings. The minimum absolute atomic E-state index is 0.465. The second kappa shape index (κ2) is 3.45. The van der Waals surface area contributed by atoms with Gasteiger partial charge in [-0.05, 0) is 24.1 Å². The van der Waals surface area contributed by atoms with E-state index in [-0.39, 0.29) is 0 Å². The first kappa shape index (κ1) is 9.25. The molecule has 2 heteroatoms. The number of aromatic nitrogens is 2. The largest absolute Gasteiger partial charge is 0.342 e. The molecule has 0 unspecified atom stereocenters. The van der Waals surface area contributed by atoms with Gasteiger partial charge in [-0.3, -0.25) is 0 Å². The van der Waals surface area contributed by atoms with E-state index in [4.69, 9.17) is 0 Å². The lowest BCUT2D eigenvalue weighted by atomic mass is 10.1. The molecule has 2 aromatic rings. The second-order valence-corrected chi connectivity index (χ2v) is 3.98. The smallest absolute Gasteiger partial charge is 0.109 e. The van der Waals surface area contributed by atoms with Crippen molar-refractivity contribution in [1.82, 2.24) is 9.97 Å². The van der Waals surface area contributed by atoms with Crippen LogP contribution in [0, 0.1) is 0 Å². The third kappa shape index (κ3) is 1.52. The summed E-state index contributed by atoms with van der Waals surface area (Å²) < 4.78 is 0. The monoisotopic (exact) mass is 188 g/mol. The highest BCUT2D eigenvalue weighted by molar-refractivity contribution is 5.75. The van der Waals surface area contributed by atoms with Crippen molar-refractivity contribution >= 4 is 11.0 Å². The number of H-pyrrole nitrogens is 1. The molecular formula is C12H16N2. The summed E-state index contributed by atoms with van der Waals surface area (Å²) in [5, 5.41) is 0. The number of imidazole rings is 1. The summed E-state index contributed by atoms with van der Waals surface area (Å²) in [5.41, 5.74) is 3.59. The summed E-state index contributed by atoms with van der Waals surface area (Å²) in [7, 11) is 0. The number of aromatic amines is 1. The van der Waals surface area contributed by atoms with Crippen molar-refractivity contribution in [3.8, 4) is 0 Å². The first-order valence-corrected chi connectivity index (χ1v) is 5.19. The lowest BCUT2D eigenvalue weighted by Crippen LogP contribution is -1.88. The molecule has 0 atom stereocenters. The molecule has 14 heavy (non-hydrogen) atoms. The lowest BCUT2D eigenvalue weighted by Gasteiger charge is -1.96. The Morgan fingerprint density at radius 3 is 2.79 bits per heavy atom. The Balaban J connectivity index is 2.54. The maximum Gasteiger partial charge on any atom is 0.109 e. The molecule has 0 aliphatic heterocycles. The van der Waals surface area contributed by atoms with Crippen molar-refractivity contribution in [1.29, 1.82) is 0 Å². The fourth-order valence-corrected chi connectivity index (χ4v) is 1.57. The summed E-state index contributed by atoms with van der Waals surface area (Å²) in [5.74, 6) is 1.54. The normalized spacial score (nSPS) is 11.4. The van der Waals surface area contributed by atoms with Crippen LogP contribution in [-0.4, -0.2) is 9.97 Å². The molecule has 1 aromatic carbocycles. The minimum atomic E-state index is 0.465. The van der Waals surface area contributed by atoms with Crippen molar-refractivity contribution in [2.75, 3.05) is 0 Å². The predicted molar refractivity (Wildman–Crippen MR) is 59.6 cm³/mol. The van der Waals surface area contributed by atoms with Gasteiger partial charge in [0.15, 0.2) is 0 Å². The third-order valence-corrected chi connectivity index (χ3v) is 2.52. The number of nitrogens with one attached hydrogen (secondary N) is 1. The van der Waals surface area contributed by atoms with Crippen LogP contribution in [0.1, 0.15) is 38.1 Å². The van der Waals surface area contributed by atoms with E-state index in [1.807, 2.05) is 0 Å². The van der Waals surface area contributed by atoms with Crippen LogP contribution in [0.5, 0.6) is 0 Å². The molecule has 2 nitrogen and oxygen atoms in total. The molecule has 1 heterocycles. The number of fused-ring (bicyclic) bond motifs is 1. The van der Waals surface area contributed by atoms with E-state index in [1.54, 1.807) is 0 Å². The topological polar surface area (TPSA) is 28.7 Å². The van der Waals surface area contributed by atoms with Gasteiger partial charge in [-0.2, -0.15) is 0 Å². The third-order valence-electron chi connectivity index (χ3n) is 2.52. The number of hydrogen-bond acceptors (Lipinski definition) is 1. The maximum absolute atomic E-state index is 4.53. The minimum Gasteiger partial charge on any atom is -0.342 e. The summed E-state index contributed by atoms with van der Waals surface area (Å²) in [4.78, 5) is 7.89. The average molecular weight is 188 g/mol. The van der Waals surface area contributed by atoms with Gasteiger partial charge in [0.25, 0.3) is 0 Å². The van der Waals surface area contributed by atoms with E-state index < -0.39 is 0 Å². The van der Waals surface area contributed by atoms with Gasteiger partial charge in [-0.15, -0.1) is 0 Å². The zero-order chi connectivity index (χ0) is 10.1. The highest BCUT2D eigenvalue weighted by Gasteiger charge is 2.05. The van der Waals surface area contributed by atoms with E-state index >= 15 is 0 Å². The number of hydrogen-bond donors (Lipinski definition) is 1. The van der Waals surface area contributed by atoms with Crippen LogP contribution in [0.2, 0.25) is 0 Å². The van der Waals surface area contributed by atoms with Crippen LogP contribution in [0.25, 0.3) is 11.0 Å². The Labute approximate surface area is 84.4 Å². The Morgan fingerprint density at radius 1 is 1.36 bits per heavy atom. The Hall–Kier alpha value is -1.31. The standard InChI is InChI=1S/C12H16N2/c1-4-9-5-6-10-11(7-9)14-12(13-10)8(2)3/h5-8H,4H2,1-3H3,(H,13,14). The first-order chi connectivity index (χ1) is 6.70. The van der Waals surface area contributed by atoms with Gasteiger partial charge in [-0.25, -0.2) is 4.98 Å². The molecule has 0 saturated carbocycles. The van der Waals surface area contributed by atoms with E-state index in [0.717, 1.165) is 23.3 Å². The van der Waals surface area contributed by atoms with Crippen molar-refractivity contribution in [2.24, 2.45) is 0 Å². The maximum atomic E-state index is 4.53. The molecule has 1 aromatic heterocycles. The SMILES string of the molecule is CCc1ccc2nc(C(C)C)[nH]c2c1. The Kier molecular flexibility index (Phi) is 2.28. The van der Waals surface area contributed by atoms with Gasteiger partial charge in [0.2, 0.25) is 0 Å². The summed E-state index contributed by atoms with van der Waals surface area (Å²) in [6, 6.07) is 6.43. The van der Waals surface area contributed by atoms with Gasteiger partial charge in [0.1, 0.15) is 5.82 Å². The molecule has 74 valence electrons. The molecule has 2 rings (SSSR count). The fourth-order valence-electron chi connectivity index (χ4n) is 1.57. The van der Waals surface area contributed by atoms with Gasteiger partial charge in [-0.1, -0.05) is 26.8 Å². The average Bonchev–Trinajstić information content (AvgIpc) is 2.59. The van der Waals surface area contributed by atoms with Crippen molar-refractivity contribution in [2.45, 2.75) is 33.1 Å². The Morgan fingerprint density at radius 2 is 2.14 bits per heavy atom. The van der Waals surface area contributed by atoms with Crippen LogP contribution >= 0.6 is 0 Å². The molecule has 0 fully saturated rings. The van der Waals surface area contributed by atoms with Crippen LogP contribution < -0.4 is 0 Å². The Bertz CT molecular complexity index is 441. The number of nitrogens with zero attached hydrogens (tertiary/aromatic N) is 1. The highest BCUT2D eigenvalue weighted by atomic mass is 14.9. The fraction of sp³-hybridized carbons (Fsp3) is 0.417. The molecule has 0 spiro atoms. The zero-order valence-electron chi connectivity index (χ0n) is 8.96. The van der Waals surface area contributed by atoms with E-state index in [2.05, 4.69) is 48.9 Å². The van der Waals surface area contributed by atoms with Crippen molar-refractivity contribution < 1.29 is 0 Å². The van der Waals surface area contributed by atoms with Gasteiger partial charge < -0.3 is 4.98 Å². The number of aryl methyl sites for hydroxylation is 1. The van der Waals surface area contributed by atoms with E-state index in [1.165, 1.54) is 5.56 Å². The second-order valence-electron chi connectivity index (χ2n) is 3.98. The molecular weight excluding hydrogens is 172 g/mol. The van der Waals surface area contributed by atoms with Crippen molar-refractivity contribution in [3.63, 3.8) is 0 Å². The summed E-state index contributed by atoms with van der Waals surface area (Å²) in [6.07, 6.45) is 1.08. The lowest BCUT2D eigenvalue weighted by molar-refractivity contribution is 0.799. The quantitative estimate of drug-likeness (QED) is 0.770. The van der Waals surface area contributed by atoms with Gasteiger partial charge in [0, 0.05) is 5.92 Å². The van der Waals surface area contributed by atoms with Crippen molar-refractivity contribution in [3.05, 3.63) is 29.6 Å².